The molecule has 0 N–H and O–H groups in total. The highest BCUT2D eigenvalue weighted by Gasteiger charge is 2.37. The van der Waals surface area contributed by atoms with E-state index in [1.165, 1.54) is 0 Å². The summed E-state index contributed by atoms with van der Waals surface area (Å²) in [6.45, 7) is 7.97. The van der Waals surface area contributed by atoms with Crippen LogP contribution < -0.4 is 5.30 Å². The first-order chi connectivity index (χ1) is 10.9. The first-order valence-corrected chi connectivity index (χ1v) is 9.45. The van der Waals surface area contributed by atoms with Crippen molar-refractivity contribution >= 4 is 18.2 Å². The molecule has 0 heterocycles. The van der Waals surface area contributed by atoms with E-state index in [2.05, 4.69) is 0 Å². The minimum atomic E-state index is -3.61. The van der Waals surface area contributed by atoms with E-state index in [0.29, 0.717) is 23.9 Å². The summed E-state index contributed by atoms with van der Waals surface area (Å²) in [5.74, 6) is 0. The van der Waals surface area contributed by atoms with Crippen LogP contribution >= 0.6 is 7.37 Å². The minimum absolute atomic E-state index is 0. The molecule has 0 fully saturated rings. The summed E-state index contributed by atoms with van der Waals surface area (Å²) in [6.07, 6.45) is 0.704. The second-order valence-corrected chi connectivity index (χ2v) is 8.08. The number of benzene rings is 2. The lowest BCUT2D eigenvalue weighted by molar-refractivity contribution is 0.105. The third-order valence-electron chi connectivity index (χ3n) is 3.73. The van der Waals surface area contributed by atoms with Crippen LogP contribution in [0.15, 0.2) is 42.5 Å². The lowest BCUT2D eigenvalue weighted by Gasteiger charge is -2.20. The van der Waals surface area contributed by atoms with E-state index in [1.807, 2.05) is 45.9 Å². The SMILES string of the molecule is C.C.CCCOP(=O)(C(=O)c1c(C)cc(C)cc1C)c1ccccc1. The zero-order valence-electron chi connectivity index (χ0n) is 14.1. The van der Waals surface area contributed by atoms with E-state index >= 15 is 0 Å². The van der Waals surface area contributed by atoms with Gasteiger partial charge in [0.05, 0.1) is 6.61 Å². The molecule has 1 atom stereocenters. The van der Waals surface area contributed by atoms with Crippen LogP contribution in [0.4, 0.5) is 0 Å². The van der Waals surface area contributed by atoms with Crippen molar-refractivity contribution in [2.75, 3.05) is 6.61 Å². The first kappa shape index (κ1) is 23.3. The Hall–Kier alpha value is -1.70. The van der Waals surface area contributed by atoms with Gasteiger partial charge in [-0.3, -0.25) is 9.36 Å². The maximum atomic E-state index is 13.5. The van der Waals surface area contributed by atoms with E-state index in [1.54, 1.807) is 24.3 Å². The van der Waals surface area contributed by atoms with E-state index in [4.69, 9.17) is 4.52 Å². The molecule has 0 amide bonds. The van der Waals surface area contributed by atoms with Crippen LogP contribution in [0, 0.1) is 20.8 Å². The zero-order chi connectivity index (χ0) is 17.0. The predicted octanol–water partition coefficient (Wildman–Crippen LogP) is 6.05. The smallest absolute Gasteiger partial charge is 0.300 e. The Morgan fingerprint density at radius 1 is 1.00 bits per heavy atom. The highest BCUT2D eigenvalue weighted by atomic mass is 31.2. The summed E-state index contributed by atoms with van der Waals surface area (Å²) in [6, 6.07) is 12.7. The molecule has 0 saturated carbocycles. The van der Waals surface area contributed by atoms with Crippen LogP contribution in [-0.4, -0.2) is 12.1 Å². The standard InChI is InChI=1S/C19H23O3P.2CH4/c1-5-11-22-23(21,17-9-7-6-8-10-17)19(20)18-15(3)12-14(2)13-16(18)4;;/h6-10,12-13H,5,11H2,1-4H3;2*1H4. The molecule has 0 aliphatic heterocycles. The van der Waals surface area contributed by atoms with Crippen molar-refractivity contribution in [3.8, 4) is 0 Å². The van der Waals surface area contributed by atoms with Gasteiger partial charge in [0.15, 0.2) is 0 Å². The number of hydrogen-bond donors (Lipinski definition) is 0. The van der Waals surface area contributed by atoms with Gasteiger partial charge in [-0.15, -0.1) is 0 Å². The molecule has 0 aliphatic rings. The third kappa shape index (κ3) is 4.90. The van der Waals surface area contributed by atoms with E-state index in [0.717, 1.165) is 16.7 Å². The van der Waals surface area contributed by atoms with Crippen LogP contribution in [0.25, 0.3) is 0 Å². The number of aryl methyl sites for hydroxylation is 3. The van der Waals surface area contributed by atoms with Crippen molar-refractivity contribution in [2.45, 2.75) is 49.0 Å². The summed E-state index contributed by atoms with van der Waals surface area (Å²) in [5.41, 5.74) is 2.86. The van der Waals surface area contributed by atoms with Crippen molar-refractivity contribution in [3.63, 3.8) is 0 Å². The summed E-state index contributed by atoms with van der Waals surface area (Å²) in [5, 5.41) is 0.456. The molecular weight excluding hydrogens is 331 g/mol. The van der Waals surface area contributed by atoms with Crippen LogP contribution in [0.1, 0.15) is 55.2 Å². The molecule has 1 unspecified atom stereocenters. The normalized spacial score (nSPS) is 12.5. The Bertz CT molecular complexity index is 728. The van der Waals surface area contributed by atoms with Gasteiger partial charge in [-0.25, -0.2) is 0 Å². The second kappa shape index (κ2) is 9.70. The Balaban J connectivity index is 0.00000288. The van der Waals surface area contributed by atoms with Gasteiger partial charge in [-0.2, -0.15) is 0 Å². The first-order valence-electron chi connectivity index (χ1n) is 7.83. The van der Waals surface area contributed by atoms with Crippen LogP contribution in [0.5, 0.6) is 0 Å². The Kier molecular flexibility index (Phi) is 9.04. The number of hydrogen-bond acceptors (Lipinski definition) is 3. The quantitative estimate of drug-likeness (QED) is 0.587. The van der Waals surface area contributed by atoms with Crippen LogP contribution in [0.2, 0.25) is 0 Å². The van der Waals surface area contributed by atoms with E-state index in [-0.39, 0.29) is 14.9 Å². The molecule has 0 spiro atoms. The topological polar surface area (TPSA) is 43.4 Å². The monoisotopic (exact) mass is 362 g/mol. The fourth-order valence-electron chi connectivity index (χ4n) is 2.76. The summed E-state index contributed by atoms with van der Waals surface area (Å²) in [4.78, 5) is 13.1. The predicted molar refractivity (Wildman–Crippen MR) is 108 cm³/mol. The van der Waals surface area contributed by atoms with Gasteiger partial charge >= 0.3 is 7.37 Å². The molecule has 0 radical (unpaired) electrons. The average Bonchev–Trinajstić information content (AvgIpc) is 2.52. The summed E-state index contributed by atoms with van der Waals surface area (Å²) >= 11 is 0. The summed E-state index contributed by atoms with van der Waals surface area (Å²) < 4.78 is 19.1. The van der Waals surface area contributed by atoms with Crippen molar-refractivity contribution in [1.82, 2.24) is 0 Å². The lowest BCUT2D eigenvalue weighted by atomic mass is 10.0. The molecule has 138 valence electrons. The molecular formula is C21H31O3P. The zero-order valence-corrected chi connectivity index (χ0v) is 15.0. The van der Waals surface area contributed by atoms with Gasteiger partial charge in [-0.1, -0.05) is 57.7 Å². The van der Waals surface area contributed by atoms with Crippen molar-refractivity contribution in [3.05, 3.63) is 64.7 Å². The molecule has 0 aliphatic carbocycles. The van der Waals surface area contributed by atoms with Gasteiger partial charge < -0.3 is 4.52 Å². The van der Waals surface area contributed by atoms with Crippen molar-refractivity contribution in [2.24, 2.45) is 0 Å². The molecule has 3 nitrogen and oxygen atoms in total. The number of rotatable bonds is 6. The Labute approximate surface area is 152 Å². The van der Waals surface area contributed by atoms with Crippen LogP contribution in [-0.2, 0) is 9.09 Å². The fourth-order valence-corrected chi connectivity index (χ4v) is 4.91. The van der Waals surface area contributed by atoms with Crippen molar-refractivity contribution < 1.29 is 13.9 Å². The van der Waals surface area contributed by atoms with Gasteiger partial charge in [0.2, 0.25) is 0 Å². The van der Waals surface area contributed by atoms with Gasteiger partial charge in [0.1, 0.15) is 0 Å². The second-order valence-electron chi connectivity index (χ2n) is 5.80. The lowest BCUT2D eigenvalue weighted by Crippen LogP contribution is -2.18. The van der Waals surface area contributed by atoms with E-state index < -0.39 is 12.9 Å². The minimum Gasteiger partial charge on any atom is -0.320 e. The van der Waals surface area contributed by atoms with Crippen LogP contribution in [0.3, 0.4) is 0 Å². The molecule has 0 bridgehead atoms. The molecule has 0 aromatic heterocycles. The average molecular weight is 362 g/mol. The van der Waals surface area contributed by atoms with Gasteiger partial charge in [0.25, 0.3) is 5.52 Å². The molecule has 2 aromatic carbocycles. The molecule has 0 saturated heterocycles. The van der Waals surface area contributed by atoms with Gasteiger partial charge in [0, 0.05) is 10.9 Å². The molecule has 2 aromatic rings. The molecule has 25 heavy (non-hydrogen) atoms. The number of carbonyl (C=O) groups is 1. The highest BCUT2D eigenvalue weighted by molar-refractivity contribution is 7.83. The highest BCUT2D eigenvalue weighted by Crippen LogP contribution is 2.50. The maximum absolute atomic E-state index is 13.5. The van der Waals surface area contributed by atoms with E-state index in [9.17, 15) is 9.36 Å². The molecule has 2 rings (SSSR count). The maximum Gasteiger partial charge on any atom is 0.300 e. The summed E-state index contributed by atoms with van der Waals surface area (Å²) in [7, 11) is -3.61. The number of carbonyl (C=O) groups excluding carboxylic acids is 1. The largest absolute Gasteiger partial charge is 0.320 e. The fraction of sp³-hybridized carbons (Fsp3) is 0.381. The Morgan fingerprint density at radius 3 is 2.00 bits per heavy atom. The molecule has 4 heteroatoms. The van der Waals surface area contributed by atoms with Crippen molar-refractivity contribution in [1.29, 1.82) is 0 Å². The Morgan fingerprint density at radius 2 is 1.52 bits per heavy atom. The third-order valence-corrected chi connectivity index (χ3v) is 6.01. The van der Waals surface area contributed by atoms with Gasteiger partial charge in [-0.05, 0) is 50.5 Å².